The number of piperazine rings is 1. The first-order valence-electron chi connectivity index (χ1n) is 7.90. The molecule has 8 nitrogen and oxygen atoms in total. The first-order valence-corrected chi connectivity index (χ1v) is 9.34. The van der Waals surface area contributed by atoms with E-state index in [9.17, 15) is 13.2 Å². The van der Waals surface area contributed by atoms with Gasteiger partial charge in [0.2, 0.25) is 5.09 Å². The summed E-state index contributed by atoms with van der Waals surface area (Å²) in [6.07, 6.45) is 1.76. The Morgan fingerprint density at radius 1 is 1.24 bits per heavy atom. The van der Waals surface area contributed by atoms with Gasteiger partial charge in [0, 0.05) is 44.6 Å². The summed E-state index contributed by atoms with van der Waals surface area (Å²) in [7, 11) is -3.76. The Kier molecular flexibility index (Phi) is 4.89. The van der Waals surface area contributed by atoms with E-state index in [0.717, 1.165) is 17.8 Å². The number of pyridine rings is 1. The molecule has 0 bridgehead atoms. The number of furan rings is 1. The van der Waals surface area contributed by atoms with Crippen LogP contribution in [0.15, 0.2) is 40.0 Å². The Bertz CT molecular complexity index is 870. The first kappa shape index (κ1) is 17.6. The maximum atomic E-state index is 12.6. The standard InChI is InChI=1S/C16H20N4O4S/c1-12-13(3-2-6-18-12)11-19-7-9-20(10-8-19)25(22,23)15-5-4-14(24-15)16(17)21/h2-6H,7-11H2,1H3,(H2,17,21). The summed E-state index contributed by atoms with van der Waals surface area (Å²) in [5, 5.41) is -0.252. The van der Waals surface area contributed by atoms with Gasteiger partial charge >= 0.3 is 0 Å². The molecule has 1 aliphatic heterocycles. The van der Waals surface area contributed by atoms with Gasteiger partial charge in [0.05, 0.1) is 0 Å². The zero-order valence-electron chi connectivity index (χ0n) is 13.9. The third kappa shape index (κ3) is 3.73. The number of primary amides is 1. The zero-order valence-corrected chi connectivity index (χ0v) is 14.7. The van der Waals surface area contributed by atoms with Crippen molar-refractivity contribution in [3.63, 3.8) is 0 Å². The van der Waals surface area contributed by atoms with Crippen LogP contribution in [-0.4, -0.2) is 54.7 Å². The maximum Gasteiger partial charge on any atom is 0.284 e. The number of sulfonamides is 1. The third-order valence-corrected chi connectivity index (χ3v) is 6.03. The molecule has 1 saturated heterocycles. The van der Waals surface area contributed by atoms with Crippen molar-refractivity contribution in [3.05, 3.63) is 47.5 Å². The summed E-state index contributed by atoms with van der Waals surface area (Å²) in [6.45, 7) is 4.62. The average molecular weight is 364 g/mol. The van der Waals surface area contributed by atoms with Crippen molar-refractivity contribution in [3.8, 4) is 0 Å². The van der Waals surface area contributed by atoms with Crippen LogP contribution in [0.25, 0.3) is 0 Å². The number of amides is 1. The summed E-state index contributed by atoms with van der Waals surface area (Å²) < 4.78 is 31.6. The van der Waals surface area contributed by atoms with E-state index in [2.05, 4.69) is 9.88 Å². The van der Waals surface area contributed by atoms with Crippen molar-refractivity contribution >= 4 is 15.9 Å². The minimum atomic E-state index is -3.76. The molecule has 0 aromatic carbocycles. The molecule has 3 rings (SSSR count). The number of aryl methyl sites for hydroxylation is 1. The number of nitrogens with two attached hydrogens (primary N) is 1. The smallest absolute Gasteiger partial charge is 0.284 e. The highest BCUT2D eigenvalue weighted by atomic mass is 32.2. The van der Waals surface area contributed by atoms with Crippen LogP contribution in [0.2, 0.25) is 0 Å². The maximum absolute atomic E-state index is 12.6. The number of carbonyl (C=O) groups excluding carboxylic acids is 1. The number of nitrogens with zero attached hydrogens (tertiary/aromatic N) is 3. The number of rotatable bonds is 5. The lowest BCUT2D eigenvalue weighted by molar-refractivity contribution is 0.0968. The molecule has 2 N–H and O–H groups in total. The fourth-order valence-electron chi connectivity index (χ4n) is 2.77. The molecule has 3 heterocycles. The number of hydrogen-bond acceptors (Lipinski definition) is 6. The minimum Gasteiger partial charge on any atom is -0.438 e. The topological polar surface area (TPSA) is 110 Å². The molecule has 2 aromatic rings. The molecular formula is C16H20N4O4S. The van der Waals surface area contributed by atoms with Crippen molar-refractivity contribution in [2.45, 2.75) is 18.6 Å². The Labute approximate surface area is 146 Å². The molecule has 25 heavy (non-hydrogen) atoms. The van der Waals surface area contributed by atoms with Gasteiger partial charge in [-0.25, -0.2) is 8.42 Å². The van der Waals surface area contributed by atoms with Crippen molar-refractivity contribution in [2.24, 2.45) is 5.73 Å². The summed E-state index contributed by atoms with van der Waals surface area (Å²) >= 11 is 0. The summed E-state index contributed by atoms with van der Waals surface area (Å²) in [4.78, 5) is 17.5. The molecule has 134 valence electrons. The van der Waals surface area contributed by atoms with E-state index in [1.807, 2.05) is 19.1 Å². The van der Waals surface area contributed by atoms with Crippen LogP contribution >= 0.6 is 0 Å². The molecule has 0 atom stereocenters. The SMILES string of the molecule is Cc1ncccc1CN1CCN(S(=O)(=O)c2ccc(C(N)=O)o2)CC1. The number of carbonyl (C=O) groups is 1. The van der Waals surface area contributed by atoms with Gasteiger partial charge in [-0.15, -0.1) is 0 Å². The van der Waals surface area contributed by atoms with Crippen LogP contribution in [0.4, 0.5) is 0 Å². The quantitative estimate of drug-likeness (QED) is 0.831. The van der Waals surface area contributed by atoms with E-state index in [1.165, 1.54) is 16.4 Å². The third-order valence-electron chi connectivity index (χ3n) is 4.26. The predicted molar refractivity (Wildman–Crippen MR) is 90.2 cm³/mol. The van der Waals surface area contributed by atoms with E-state index >= 15 is 0 Å². The molecule has 0 spiro atoms. The Hall–Kier alpha value is -2.23. The Morgan fingerprint density at radius 2 is 1.96 bits per heavy atom. The highest BCUT2D eigenvalue weighted by Crippen LogP contribution is 2.21. The summed E-state index contributed by atoms with van der Waals surface area (Å²) in [5.41, 5.74) is 7.21. The predicted octanol–water partition coefficient (Wildman–Crippen LogP) is 0.588. The van der Waals surface area contributed by atoms with Gasteiger partial charge in [-0.2, -0.15) is 4.31 Å². The Morgan fingerprint density at radius 3 is 2.56 bits per heavy atom. The van der Waals surface area contributed by atoms with Gasteiger partial charge in [-0.3, -0.25) is 14.7 Å². The average Bonchev–Trinajstić information content (AvgIpc) is 3.09. The van der Waals surface area contributed by atoms with E-state index in [1.54, 1.807) is 6.20 Å². The molecule has 0 saturated carbocycles. The molecular weight excluding hydrogens is 344 g/mol. The monoisotopic (exact) mass is 364 g/mol. The van der Waals surface area contributed by atoms with Crippen LogP contribution in [0.1, 0.15) is 21.8 Å². The first-order chi connectivity index (χ1) is 11.9. The van der Waals surface area contributed by atoms with Crippen molar-refractivity contribution < 1.29 is 17.6 Å². The lowest BCUT2D eigenvalue weighted by atomic mass is 10.2. The van der Waals surface area contributed by atoms with E-state index in [0.29, 0.717) is 26.2 Å². The fourth-order valence-corrected chi connectivity index (χ4v) is 4.11. The van der Waals surface area contributed by atoms with Crippen LogP contribution in [-0.2, 0) is 16.6 Å². The molecule has 9 heteroatoms. The van der Waals surface area contributed by atoms with E-state index in [4.69, 9.17) is 10.2 Å². The Balaban J connectivity index is 1.65. The van der Waals surface area contributed by atoms with Gasteiger partial charge in [0.1, 0.15) is 0 Å². The molecule has 0 aliphatic carbocycles. The lowest BCUT2D eigenvalue weighted by Gasteiger charge is -2.33. The van der Waals surface area contributed by atoms with Crippen LogP contribution in [0.3, 0.4) is 0 Å². The zero-order chi connectivity index (χ0) is 18.0. The fraction of sp³-hybridized carbons (Fsp3) is 0.375. The van der Waals surface area contributed by atoms with Crippen LogP contribution in [0, 0.1) is 6.92 Å². The van der Waals surface area contributed by atoms with E-state index in [-0.39, 0.29) is 10.9 Å². The molecule has 0 radical (unpaired) electrons. The minimum absolute atomic E-state index is 0.163. The molecule has 1 amide bonds. The van der Waals surface area contributed by atoms with Crippen LogP contribution < -0.4 is 5.73 Å². The van der Waals surface area contributed by atoms with Gasteiger partial charge < -0.3 is 10.2 Å². The summed E-state index contributed by atoms with van der Waals surface area (Å²) in [6, 6.07) is 6.47. The molecule has 0 unspecified atom stereocenters. The second-order valence-corrected chi connectivity index (χ2v) is 7.78. The number of aromatic nitrogens is 1. The van der Waals surface area contributed by atoms with Gasteiger partial charge in [-0.05, 0) is 30.7 Å². The molecule has 1 aliphatic rings. The van der Waals surface area contributed by atoms with Crippen molar-refractivity contribution in [1.82, 2.24) is 14.2 Å². The summed E-state index contributed by atoms with van der Waals surface area (Å²) in [5.74, 6) is -0.956. The van der Waals surface area contributed by atoms with Crippen molar-refractivity contribution in [2.75, 3.05) is 26.2 Å². The molecule has 2 aromatic heterocycles. The van der Waals surface area contributed by atoms with Gasteiger partial charge in [0.25, 0.3) is 15.9 Å². The van der Waals surface area contributed by atoms with Gasteiger partial charge in [0.15, 0.2) is 5.76 Å². The second kappa shape index (κ2) is 6.95. The number of hydrogen-bond donors (Lipinski definition) is 1. The highest BCUT2D eigenvalue weighted by molar-refractivity contribution is 7.89. The van der Waals surface area contributed by atoms with E-state index < -0.39 is 15.9 Å². The molecule has 1 fully saturated rings. The van der Waals surface area contributed by atoms with Crippen molar-refractivity contribution in [1.29, 1.82) is 0 Å². The van der Waals surface area contributed by atoms with Crippen LogP contribution in [0.5, 0.6) is 0 Å². The lowest BCUT2D eigenvalue weighted by Crippen LogP contribution is -2.48. The van der Waals surface area contributed by atoms with Gasteiger partial charge in [-0.1, -0.05) is 6.07 Å². The largest absolute Gasteiger partial charge is 0.438 e. The highest BCUT2D eigenvalue weighted by Gasteiger charge is 2.31. The second-order valence-electron chi connectivity index (χ2n) is 5.91. The normalized spacial score (nSPS) is 16.8.